The number of urea groups is 1. The van der Waals surface area contributed by atoms with Crippen molar-refractivity contribution in [2.45, 2.75) is 52.1 Å². The predicted molar refractivity (Wildman–Crippen MR) is 86.4 cm³/mol. The minimum absolute atomic E-state index is 0.0654. The Labute approximate surface area is 131 Å². The van der Waals surface area contributed by atoms with Gasteiger partial charge in [0, 0.05) is 6.54 Å². The third-order valence-electron chi connectivity index (χ3n) is 4.52. The fourth-order valence-electron chi connectivity index (χ4n) is 3.18. The molecule has 1 aromatic carbocycles. The third-order valence-corrected chi connectivity index (χ3v) is 4.52. The quantitative estimate of drug-likeness (QED) is 0.899. The van der Waals surface area contributed by atoms with Gasteiger partial charge in [0.15, 0.2) is 0 Å². The van der Waals surface area contributed by atoms with E-state index in [0.29, 0.717) is 0 Å². The lowest BCUT2D eigenvalue weighted by atomic mass is 9.90. The zero-order valence-corrected chi connectivity index (χ0v) is 13.6. The Balaban J connectivity index is 2.26. The standard InChI is InChI=1S/C17H25N3O2/c1-11-7-6-8-14(12(11)2)15-9-4-5-10-20(15)16(21)13(3)19-17(18)22/h6-8,13,15H,4-5,9-10H2,1-3H3,(H3,18,19,22)/t13-,15-/m1/s1. The topological polar surface area (TPSA) is 75.4 Å². The number of nitrogens with one attached hydrogen (secondary N) is 1. The number of hydrogen-bond donors (Lipinski definition) is 2. The number of piperidine rings is 1. The molecule has 0 spiro atoms. The van der Waals surface area contributed by atoms with E-state index in [2.05, 4.69) is 31.3 Å². The summed E-state index contributed by atoms with van der Waals surface area (Å²) >= 11 is 0. The lowest BCUT2D eigenvalue weighted by Gasteiger charge is -2.38. The van der Waals surface area contributed by atoms with Crippen molar-refractivity contribution >= 4 is 11.9 Å². The fraction of sp³-hybridized carbons (Fsp3) is 0.529. The van der Waals surface area contributed by atoms with E-state index >= 15 is 0 Å². The predicted octanol–water partition coefficient (Wildman–Crippen LogP) is 2.41. The van der Waals surface area contributed by atoms with Gasteiger partial charge in [0.05, 0.1) is 6.04 Å². The average molecular weight is 303 g/mol. The highest BCUT2D eigenvalue weighted by atomic mass is 16.2. The molecule has 3 N–H and O–H groups in total. The van der Waals surface area contributed by atoms with Crippen LogP contribution < -0.4 is 11.1 Å². The molecule has 3 amide bonds. The van der Waals surface area contributed by atoms with Crippen LogP contribution in [0.5, 0.6) is 0 Å². The third kappa shape index (κ3) is 3.40. The molecule has 1 aliphatic rings. The molecule has 2 atom stereocenters. The summed E-state index contributed by atoms with van der Waals surface area (Å²) in [5.74, 6) is -0.0654. The molecule has 0 saturated carbocycles. The van der Waals surface area contributed by atoms with Crippen LogP contribution >= 0.6 is 0 Å². The van der Waals surface area contributed by atoms with Crippen LogP contribution in [0.15, 0.2) is 18.2 Å². The molecule has 1 aliphatic heterocycles. The van der Waals surface area contributed by atoms with Crippen molar-refractivity contribution in [3.05, 3.63) is 34.9 Å². The number of hydrogen-bond acceptors (Lipinski definition) is 2. The van der Waals surface area contributed by atoms with Crippen LogP contribution in [-0.4, -0.2) is 29.4 Å². The summed E-state index contributed by atoms with van der Waals surface area (Å²) in [5.41, 5.74) is 8.81. The van der Waals surface area contributed by atoms with Gasteiger partial charge in [-0.25, -0.2) is 4.79 Å². The zero-order chi connectivity index (χ0) is 16.3. The van der Waals surface area contributed by atoms with Gasteiger partial charge in [-0.3, -0.25) is 4.79 Å². The van der Waals surface area contributed by atoms with E-state index in [-0.39, 0.29) is 11.9 Å². The first-order valence-corrected chi connectivity index (χ1v) is 7.84. The molecule has 0 bridgehead atoms. The minimum atomic E-state index is -0.666. The SMILES string of the molecule is Cc1cccc([C@H]2CCCCN2C(=O)[C@@H](C)NC(N)=O)c1C. The van der Waals surface area contributed by atoms with Gasteiger partial charge in [-0.05, 0) is 56.7 Å². The summed E-state index contributed by atoms with van der Waals surface area (Å²) in [6.45, 7) is 6.60. The monoisotopic (exact) mass is 303 g/mol. The highest BCUT2D eigenvalue weighted by Crippen LogP contribution is 2.33. The van der Waals surface area contributed by atoms with Crippen LogP contribution in [0.1, 0.15) is 48.9 Å². The van der Waals surface area contributed by atoms with Crippen molar-refractivity contribution in [3.8, 4) is 0 Å². The molecule has 1 saturated heterocycles. The number of primary amides is 1. The van der Waals surface area contributed by atoms with Crippen molar-refractivity contribution in [2.75, 3.05) is 6.54 Å². The van der Waals surface area contributed by atoms with Gasteiger partial charge >= 0.3 is 6.03 Å². The van der Waals surface area contributed by atoms with Crippen LogP contribution in [0.4, 0.5) is 4.79 Å². The van der Waals surface area contributed by atoms with Gasteiger partial charge in [-0.1, -0.05) is 18.2 Å². The van der Waals surface area contributed by atoms with Gasteiger partial charge in [0.25, 0.3) is 0 Å². The first kappa shape index (κ1) is 16.3. The lowest BCUT2D eigenvalue weighted by Crippen LogP contribution is -2.50. The smallest absolute Gasteiger partial charge is 0.312 e. The molecule has 22 heavy (non-hydrogen) atoms. The molecule has 0 unspecified atom stereocenters. The molecule has 0 aliphatic carbocycles. The Morgan fingerprint density at radius 1 is 1.32 bits per heavy atom. The van der Waals surface area contributed by atoms with E-state index in [1.807, 2.05) is 11.0 Å². The van der Waals surface area contributed by atoms with E-state index < -0.39 is 12.1 Å². The number of amides is 3. The summed E-state index contributed by atoms with van der Waals surface area (Å²) in [5, 5.41) is 2.49. The Morgan fingerprint density at radius 2 is 2.05 bits per heavy atom. The molecule has 120 valence electrons. The van der Waals surface area contributed by atoms with Crippen LogP contribution in [0, 0.1) is 13.8 Å². The van der Waals surface area contributed by atoms with Gasteiger partial charge in [0.2, 0.25) is 5.91 Å². The number of carbonyl (C=O) groups excluding carboxylic acids is 2. The van der Waals surface area contributed by atoms with Crippen molar-refractivity contribution in [1.82, 2.24) is 10.2 Å². The van der Waals surface area contributed by atoms with Gasteiger partial charge in [-0.2, -0.15) is 0 Å². The highest BCUT2D eigenvalue weighted by Gasteiger charge is 2.31. The second kappa shape index (κ2) is 6.81. The van der Waals surface area contributed by atoms with Crippen molar-refractivity contribution < 1.29 is 9.59 Å². The maximum atomic E-state index is 12.7. The molecule has 0 aromatic heterocycles. The van der Waals surface area contributed by atoms with E-state index in [1.165, 1.54) is 16.7 Å². The highest BCUT2D eigenvalue weighted by molar-refractivity contribution is 5.86. The molecule has 1 heterocycles. The normalized spacial score (nSPS) is 19.6. The number of benzene rings is 1. The zero-order valence-electron chi connectivity index (χ0n) is 13.6. The maximum Gasteiger partial charge on any atom is 0.312 e. The van der Waals surface area contributed by atoms with Crippen molar-refractivity contribution in [3.63, 3.8) is 0 Å². The Kier molecular flexibility index (Phi) is 5.06. The summed E-state index contributed by atoms with van der Waals surface area (Å²) in [7, 11) is 0. The molecule has 2 rings (SSSR count). The molecule has 5 nitrogen and oxygen atoms in total. The van der Waals surface area contributed by atoms with Gasteiger partial charge in [0.1, 0.15) is 6.04 Å². The second-order valence-corrected chi connectivity index (χ2v) is 6.06. The van der Waals surface area contributed by atoms with E-state index in [9.17, 15) is 9.59 Å². The number of aryl methyl sites for hydroxylation is 1. The van der Waals surface area contributed by atoms with Gasteiger partial charge < -0.3 is 16.0 Å². The second-order valence-electron chi connectivity index (χ2n) is 6.06. The average Bonchev–Trinajstić information content (AvgIpc) is 2.48. The van der Waals surface area contributed by atoms with Crippen LogP contribution in [0.2, 0.25) is 0 Å². The van der Waals surface area contributed by atoms with Crippen LogP contribution in [0.3, 0.4) is 0 Å². The van der Waals surface area contributed by atoms with Crippen LogP contribution in [-0.2, 0) is 4.79 Å². The summed E-state index contributed by atoms with van der Waals surface area (Å²) < 4.78 is 0. The fourth-order valence-corrected chi connectivity index (χ4v) is 3.18. The Bertz CT molecular complexity index is 571. The summed E-state index contributed by atoms with van der Waals surface area (Å²) in [4.78, 5) is 25.6. The molecule has 0 radical (unpaired) electrons. The number of likely N-dealkylation sites (tertiary alicyclic amines) is 1. The molecule has 1 aromatic rings. The Morgan fingerprint density at radius 3 is 2.73 bits per heavy atom. The van der Waals surface area contributed by atoms with Crippen molar-refractivity contribution in [1.29, 1.82) is 0 Å². The largest absolute Gasteiger partial charge is 0.352 e. The summed E-state index contributed by atoms with van der Waals surface area (Å²) in [6.07, 6.45) is 3.06. The maximum absolute atomic E-state index is 12.7. The molecule has 1 fully saturated rings. The number of nitrogens with two attached hydrogens (primary N) is 1. The van der Waals surface area contributed by atoms with Crippen molar-refractivity contribution in [2.24, 2.45) is 5.73 Å². The first-order valence-electron chi connectivity index (χ1n) is 7.84. The van der Waals surface area contributed by atoms with Crippen LogP contribution in [0.25, 0.3) is 0 Å². The summed E-state index contributed by atoms with van der Waals surface area (Å²) in [6, 6.07) is 5.05. The molecular weight excluding hydrogens is 278 g/mol. The molecule has 5 heteroatoms. The number of carbonyl (C=O) groups is 2. The Hall–Kier alpha value is -2.04. The first-order chi connectivity index (χ1) is 10.4. The van der Waals surface area contributed by atoms with E-state index in [4.69, 9.17) is 5.73 Å². The van der Waals surface area contributed by atoms with E-state index in [0.717, 1.165) is 25.8 Å². The van der Waals surface area contributed by atoms with E-state index in [1.54, 1.807) is 6.92 Å². The van der Waals surface area contributed by atoms with Gasteiger partial charge in [-0.15, -0.1) is 0 Å². The molecular formula is C17H25N3O2. The minimum Gasteiger partial charge on any atom is -0.352 e. The number of rotatable bonds is 3. The lowest BCUT2D eigenvalue weighted by molar-refractivity contribution is -0.136. The number of nitrogens with zero attached hydrogens (tertiary/aromatic N) is 1.